The van der Waals surface area contributed by atoms with E-state index in [0.29, 0.717) is 6.61 Å². The molecule has 0 unspecified atom stereocenters. The number of ether oxygens (including phenoxy) is 2. The average Bonchev–Trinajstić information content (AvgIpc) is 3.38. The van der Waals surface area contributed by atoms with Gasteiger partial charge in [0.1, 0.15) is 5.75 Å². The van der Waals surface area contributed by atoms with Crippen LogP contribution >= 0.6 is 0 Å². The Morgan fingerprint density at radius 3 is 2.64 bits per heavy atom. The molecule has 1 aliphatic carbocycles. The van der Waals surface area contributed by atoms with Gasteiger partial charge in [-0.15, -0.1) is 0 Å². The van der Waals surface area contributed by atoms with Gasteiger partial charge in [-0.1, -0.05) is 12.1 Å². The van der Waals surface area contributed by atoms with Crippen LogP contribution in [-0.2, 0) is 11.3 Å². The summed E-state index contributed by atoms with van der Waals surface area (Å²) in [6.07, 6.45) is 3.66. The number of methoxy groups -OCH3 is 1. The van der Waals surface area contributed by atoms with Gasteiger partial charge < -0.3 is 20.1 Å². The van der Waals surface area contributed by atoms with Crippen molar-refractivity contribution in [2.24, 2.45) is 10.9 Å². The smallest absolute Gasteiger partial charge is 0.190 e. The van der Waals surface area contributed by atoms with Crippen LogP contribution in [0.2, 0.25) is 0 Å². The van der Waals surface area contributed by atoms with Crippen molar-refractivity contribution in [3.8, 4) is 5.75 Å². The number of guanidine groups is 1. The number of hydrogen-bond acceptors (Lipinski definition) is 3. The van der Waals surface area contributed by atoms with Gasteiger partial charge in [0.25, 0.3) is 0 Å². The molecule has 2 rings (SSSR count). The maximum Gasteiger partial charge on any atom is 0.190 e. The van der Waals surface area contributed by atoms with E-state index in [9.17, 15) is 0 Å². The van der Waals surface area contributed by atoms with Crippen LogP contribution in [0.3, 0.4) is 0 Å². The molecule has 1 fully saturated rings. The first-order valence-corrected chi connectivity index (χ1v) is 7.97. The molecular weight excluding hydrogens is 278 g/mol. The Bertz CT molecular complexity index is 455. The Hall–Kier alpha value is -1.75. The van der Waals surface area contributed by atoms with Crippen LogP contribution in [0.25, 0.3) is 0 Å². The summed E-state index contributed by atoms with van der Waals surface area (Å²) in [5, 5.41) is 6.65. The predicted molar refractivity (Wildman–Crippen MR) is 89.4 cm³/mol. The number of nitrogens with zero attached hydrogens (tertiary/aromatic N) is 1. The van der Waals surface area contributed by atoms with Gasteiger partial charge in [-0.2, -0.15) is 0 Å². The van der Waals surface area contributed by atoms with Crippen molar-refractivity contribution in [1.29, 1.82) is 0 Å². The van der Waals surface area contributed by atoms with Crippen molar-refractivity contribution in [1.82, 2.24) is 10.6 Å². The summed E-state index contributed by atoms with van der Waals surface area (Å²) in [4.78, 5) is 4.21. The minimum absolute atomic E-state index is 0.638. The number of nitrogens with one attached hydrogen (secondary N) is 2. The summed E-state index contributed by atoms with van der Waals surface area (Å²) < 4.78 is 10.8. The molecule has 0 amide bonds. The zero-order chi connectivity index (χ0) is 15.6. The van der Waals surface area contributed by atoms with Crippen LogP contribution < -0.4 is 15.4 Å². The third-order valence-electron chi connectivity index (χ3n) is 3.66. The van der Waals surface area contributed by atoms with E-state index < -0.39 is 0 Å². The quantitative estimate of drug-likeness (QED) is 0.417. The van der Waals surface area contributed by atoms with Gasteiger partial charge in [0.2, 0.25) is 0 Å². The van der Waals surface area contributed by atoms with Gasteiger partial charge >= 0.3 is 0 Å². The Kier molecular flexibility index (Phi) is 7.03. The molecule has 0 spiro atoms. The zero-order valence-corrected chi connectivity index (χ0v) is 13.6. The maximum atomic E-state index is 5.68. The SMILES string of the molecule is CN=C(NCCCOCc1ccc(OC)cc1)NCC1CC1. The van der Waals surface area contributed by atoms with Crippen molar-refractivity contribution in [2.75, 3.05) is 33.9 Å². The lowest BCUT2D eigenvalue weighted by atomic mass is 10.2. The highest BCUT2D eigenvalue weighted by Crippen LogP contribution is 2.27. The third kappa shape index (κ3) is 6.35. The minimum atomic E-state index is 0.638. The highest BCUT2D eigenvalue weighted by Gasteiger charge is 2.20. The maximum absolute atomic E-state index is 5.68. The van der Waals surface area contributed by atoms with E-state index in [2.05, 4.69) is 15.6 Å². The van der Waals surface area contributed by atoms with Crippen molar-refractivity contribution in [3.05, 3.63) is 29.8 Å². The van der Waals surface area contributed by atoms with Crippen molar-refractivity contribution in [3.63, 3.8) is 0 Å². The molecule has 0 atom stereocenters. The van der Waals surface area contributed by atoms with Crippen molar-refractivity contribution >= 4 is 5.96 Å². The Balaban J connectivity index is 1.50. The van der Waals surface area contributed by atoms with Crippen LogP contribution in [0.5, 0.6) is 5.75 Å². The summed E-state index contributed by atoms with van der Waals surface area (Å²) >= 11 is 0. The number of aliphatic imine (C=N–C) groups is 1. The highest BCUT2D eigenvalue weighted by molar-refractivity contribution is 5.79. The van der Waals surface area contributed by atoms with Gasteiger partial charge in [-0.05, 0) is 42.9 Å². The third-order valence-corrected chi connectivity index (χ3v) is 3.66. The molecule has 1 aromatic carbocycles. The Morgan fingerprint density at radius 1 is 1.23 bits per heavy atom. The first-order chi connectivity index (χ1) is 10.8. The highest BCUT2D eigenvalue weighted by atomic mass is 16.5. The topological polar surface area (TPSA) is 54.9 Å². The molecule has 122 valence electrons. The summed E-state index contributed by atoms with van der Waals surface area (Å²) in [7, 11) is 3.48. The van der Waals surface area contributed by atoms with Crippen LogP contribution in [0.15, 0.2) is 29.3 Å². The van der Waals surface area contributed by atoms with Gasteiger partial charge in [0.15, 0.2) is 5.96 Å². The summed E-state index contributed by atoms with van der Waals surface area (Å²) in [6.45, 7) is 3.28. The van der Waals surface area contributed by atoms with Gasteiger partial charge in [0.05, 0.1) is 13.7 Å². The molecule has 0 aromatic heterocycles. The number of hydrogen-bond donors (Lipinski definition) is 2. The molecule has 1 aromatic rings. The average molecular weight is 305 g/mol. The van der Waals surface area contributed by atoms with Gasteiger partial charge in [0, 0.05) is 26.7 Å². The fourth-order valence-electron chi connectivity index (χ4n) is 2.08. The second-order valence-corrected chi connectivity index (χ2v) is 5.58. The van der Waals surface area contributed by atoms with E-state index in [1.165, 1.54) is 12.8 Å². The van der Waals surface area contributed by atoms with E-state index in [1.807, 2.05) is 31.3 Å². The molecule has 1 saturated carbocycles. The van der Waals surface area contributed by atoms with E-state index in [4.69, 9.17) is 9.47 Å². The predicted octanol–water partition coefficient (Wildman–Crippen LogP) is 2.18. The second kappa shape index (κ2) is 9.30. The molecular formula is C17H27N3O2. The van der Waals surface area contributed by atoms with Gasteiger partial charge in [-0.25, -0.2) is 0 Å². The molecule has 22 heavy (non-hydrogen) atoms. The Labute approximate surface area is 133 Å². The minimum Gasteiger partial charge on any atom is -0.497 e. The van der Waals surface area contributed by atoms with Crippen LogP contribution in [-0.4, -0.2) is 39.8 Å². The summed E-state index contributed by atoms with van der Waals surface area (Å²) in [5.41, 5.74) is 1.16. The molecule has 0 aliphatic heterocycles. The monoisotopic (exact) mass is 305 g/mol. The van der Waals surface area contributed by atoms with E-state index in [0.717, 1.165) is 49.3 Å². The number of rotatable bonds is 9. The van der Waals surface area contributed by atoms with Crippen LogP contribution in [0.4, 0.5) is 0 Å². The van der Waals surface area contributed by atoms with Crippen molar-refractivity contribution < 1.29 is 9.47 Å². The van der Waals surface area contributed by atoms with E-state index in [1.54, 1.807) is 7.11 Å². The molecule has 5 nitrogen and oxygen atoms in total. The molecule has 0 radical (unpaired) electrons. The van der Waals surface area contributed by atoms with E-state index >= 15 is 0 Å². The van der Waals surface area contributed by atoms with Crippen molar-refractivity contribution in [2.45, 2.75) is 25.9 Å². The molecule has 0 heterocycles. The molecule has 2 N–H and O–H groups in total. The Morgan fingerprint density at radius 2 is 2.00 bits per heavy atom. The lowest BCUT2D eigenvalue weighted by molar-refractivity contribution is 0.119. The molecule has 0 saturated heterocycles. The lowest BCUT2D eigenvalue weighted by Crippen LogP contribution is -2.39. The number of benzene rings is 1. The summed E-state index contributed by atoms with van der Waals surface area (Å²) in [6, 6.07) is 7.97. The largest absolute Gasteiger partial charge is 0.497 e. The fraction of sp³-hybridized carbons (Fsp3) is 0.588. The normalized spacial score (nSPS) is 14.7. The first kappa shape index (κ1) is 16.6. The molecule has 0 bridgehead atoms. The second-order valence-electron chi connectivity index (χ2n) is 5.58. The molecule has 5 heteroatoms. The standard InChI is InChI=1S/C17H27N3O2/c1-18-17(20-12-14-4-5-14)19-10-3-11-22-13-15-6-8-16(21-2)9-7-15/h6-9,14H,3-5,10-13H2,1-2H3,(H2,18,19,20). The summed E-state index contributed by atoms with van der Waals surface area (Å²) in [5.74, 6) is 2.62. The first-order valence-electron chi connectivity index (χ1n) is 7.97. The fourth-order valence-corrected chi connectivity index (χ4v) is 2.08. The van der Waals surface area contributed by atoms with Crippen LogP contribution in [0.1, 0.15) is 24.8 Å². The van der Waals surface area contributed by atoms with Crippen LogP contribution in [0, 0.1) is 5.92 Å². The van der Waals surface area contributed by atoms with Gasteiger partial charge in [-0.3, -0.25) is 4.99 Å². The van der Waals surface area contributed by atoms with E-state index in [-0.39, 0.29) is 0 Å². The lowest BCUT2D eigenvalue weighted by Gasteiger charge is -2.11. The molecule has 1 aliphatic rings. The zero-order valence-electron chi connectivity index (χ0n) is 13.6.